The van der Waals surface area contributed by atoms with Crippen LogP contribution in [0.15, 0.2) is 30.5 Å². The van der Waals surface area contributed by atoms with Gasteiger partial charge in [0, 0.05) is 12.3 Å². The Bertz CT molecular complexity index is 710. The van der Waals surface area contributed by atoms with Gasteiger partial charge in [-0.25, -0.2) is 4.39 Å². The molecule has 0 unspecified atom stereocenters. The minimum atomic E-state index is -0.836. The molecule has 0 fully saturated rings. The van der Waals surface area contributed by atoms with Crippen LogP contribution in [0, 0.1) is 17.1 Å². The van der Waals surface area contributed by atoms with Gasteiger partial charge in [0.25, 0.3) is 0 Å². The molecule has 1 heterocycles. The van der Waals surface area contributed by atoms with Crippen LogP contribution in [0.5, 0.6) is 5.75 Å². The Morgan fingerprint density at radius 2 is 2.21 bits per heavy atom. The maximum Gasteiger partial charge on any atom is 0.216 e. The fraction of sp³-hybridized carbons (Fsp3) is 0. The van der Waals surface area contributed by atoms with Gasteiger partial charge in [0.1, 0.15) is 23.3 Å². The molecule has 0 aliphatic carbocycles. The number of pyridine rings is 1. The van der Waals surface area contributed by atoms with Crippen molar-refractivity contribution in [2.75, 3.05) is 0 Å². The number of carbonyl (C=O) groups is 1. The first-order valence-corrected chi connectivity index (χ1v) is 5.50. The van der Waals surface area contributed by atoms with Crippen LogP contribution in [0.4, 0.5) is 4.39 Å². The Labute approximate surface area is 112 Å². The summed E-state index contributed by atoms with van der Waals surface area (Å²) < 4.78 is 13.1. The molecule has 0 aliphatic heterocycles. The number of ketones is 1. The van der Waals surface area contributed by atoms with E-state index in [0.717, 1.165) is 12.1 Å². The normalized spacial score (nSPS) is 9.95. The van der Waals surface area contributed by atoms with E-state index in [4.69, 9.17) is 16.9 Å². The maximum atomic E-state index is 13.1. The lowest BCUT2D eigenvalue weighted by atomic mass is 10.0. The summed E-state index contributed by atoms with van der Waals surface area (Å²) in [7, 11) is 0. The van der Waals surface area contributed by atoms with Gasteiger partial charge in [-0.2, -0.15) is 5.26 Å². The van der Waals surface area contributed by atoms with E-state index in [1.54, 1.807) is 0 Å². The van der Waals surface area contributed by atoms with E-state index in [0.29, 0.717) is 0 Å². The van der Waals surface area contributed by atoms with Crippen molar-refractivity contribution < 1.29 is 14.3 Å². The smallest absolute Gasteiger partial charge is 0.216 e. The van der Waals surface area contributed by atoms with Gasteiger partial charge in [-0.1, -0.05) is 11.6 Å². The number of carbonyl (C=O) groups excluding carboxylic acids is 1. The van der Waals surface area contributed by atoms with E-state index in [2.05, 4.69) is 4.98 Å². The number of aromatic nitrogens is 1. The first-order chi connectivity index (χ1) is 9.04. The number of rotatable bonds is 2. The SMILES string of the molecule is N#Cc1cccnc1C(=O)c1cc(Cl)c(F)cc1O. The lowest BCUT2D eigenvalue weighted by Crippen LogP contribution is -2.07. The van der Waals surface area contributed by atoms with E-state index in [9.17, 15) is 14.3 Å². The number of hydrogen-bond donors (Lipinski definition) is 1. The van der Waals surface area contributed by atoms with Crippen LogP contribution in [-0.2, 0) is 0 Å². The molecular weight excluding hydrogens is 271 g/mol. The number of phenols is 1. The standard InChI is InChI=1S/C13H6ClFN2O2/c14-9-4-8(11(18)5-10(9)15)13(19)12-7(6-16)2-1-3-17-12/h1-5,18H. The van der Waals surface area contributed by atoms with Gasteiger partial charge in [0.15, 0.2) is 0 Å². The molecule has 2 aromatic rings. The van der Waals surface area contributed by atoms with Crippen LogP contribution in [0.3, 0.4) is 0 Å². The van der Waals surface area contributed by atoms with Crippen molar-refractivity contribution in [2.45, 2.75) is 0 Å². The maximum absolute atomic E-state index is 13.1. The third kappa shape index (κ3) is 2.39. The molecule has 0 atom stereocenters. The number of phenolic OH excluding ortho intramolecular Hbond substituents is 1. The van der Waals surface area contributed by atoms with Crippen LogP contribution in [0.2, 0.25) is 5.02 Å². The first-order valence-electron chi connectivity index (χ1n) is 5.12. The van der Waals surface area contributed by atoms with E-state index >= 15 is 0 Å². The Morgan fingerprint density at radius 3 is 2.89 bits per heavy atom. The average molecular weight is 277 g/mol. The second-order valence-corrected chi connectivity index (χ2v) is 4.03. The molecule has 0 saturated carbocycles. The van der Waals surface area contributed by atoms with Crippen LogP contribution < -0.4 is 0 Å². The summed E-state index contributed by atoms with van der Waals surface area (Å²) in [5.41, 5.74) is -0.267. The van der Waals surface area contributed by atoms with Crippen LogP contribution in [-0.4, -0.2) is 15.9 Å². The van der Waals surface area contributed by atoms with Crippen LogP contribution in [0.25, 0.3) is 0 Å². The molecule has 0 bridgehead atoms. The lowest BCUT2D eigenvalue weighted by Gasteiger charge is -2.05. The molecule has 4 nitrogen and oxygen atoms in total. The van der Waals surface area contributed by atoms with Crippen molar-refractivity contribution in [2.24, 2.45) is 0 Å². The largest absolute Gasteiger partial charge is 0.507 e. The first kappa shape index (κ1) is 13.0. The number of nitrogens with zero attached hydrogens (tertiary/aromatic N) is 2. The molecule has 0 saturated heterocycles. The molecule has 0 spiro atoms. The third-order valence-electron chi connectivity index (χ3n) is 2.43. The summed E-state index contributed by atoms with van der Waals surface area (Å²) in [6.07, 6.45) is 1.34. The predicted molar refractivity (Wildman–Crippen MR) is 65.5 cm³/mol. The second-order valence-electron chi connectivity index (χ2n) is 3.62. The van der Waals surface area contributed by atoms with Gasteiger partial charge in [0.2, 0.25) is 5.78 Å². The Hall–Kier alpha value is -2.45. The number of hydrogen-bond acceptors (Lipinski definition) is 4. The number of halogens is 2. The van der Waals surface area contributed by atoms with Crippen molar-refractivity contribution in [3.8, 4) is 11.8 Å². The highest BCUT2D eigenvalue weighted by atomic mass is 35.5. The molecule has 1 aromatic heterocycles. The summed E-state index contributed by atoms with van der Waals surface area (Å²) in [4.78, 5) is 16.0. The minimum absolute atomic E-state index is 0.0624. The van der Waals surface area contributed by atoms with Crippen molar-refractivity contribution >= 4 is 17.4 Å². The van der Waals surface area contributed by atoms with Crippen LogP contribution in [0.1, 0.15) is 21.6 Å². The van der Waals surface area contributed by atoms with Gasteiger partial charge in [-0.3, -0.25) is 9.78 Å². The summed E-state index contributed by atoms with van der Waals surface area (Å²) in [6, 6.07) is 6.49. The van der Waals surface area contributed by atoms with Crippen molar-refractivity contribution in [3.05, 3.63) is 58.1 Å². The zero-order chi connectivity index (χ0) is 14.0. The summed E-state index contributed by atoms with van der Waals surface area (Å²) in [5, 5.41) is 18.2. The Balaban J connectivity index is 2.57. The van der Waals surface area contributed by atoms with Crippen molar-refractivity contribution in [1.82, 2.24) is 4.98 Å². The fourth-order valence-electron chi connectivity index (χ4n) is 1.52. The van der Waals surface area contributed by atoms with Gasteiger partial charge in [-0.05, 0) is 18.2 Å². The van der Waals surface area contributed by atoms with Crippen molar-refractivity contribution in [3.63, 3.8) is 0 Å². The summed E-state index contributed by atoms with van der Waals surface area (Å²) >= 11 is 5.57. The zero-order valence-corrected chi connectivity index (χ0v) is 10.1. The number of aromatic hydroxyl groups is 1. The summed E-state index contributed by atoms with van der Waals surface area (Å²) in [5.74, 6) is -2.09. The second kappa shape index (κ2) is 5.04. The van der Waals surface area contributed by atoms with E-state index in [1.165, 1.54) is 18.3 Å². The summed E-state index contributed by atoms with van der Waals surface area (Å²) in [6.45, 7) is 0. The molecule has 1 aromatic carbocycles. The Kier molecular flexibility index (Phi) is 3.45. The lowest BCUT2D eigenvalue weighted by molar-refractivity contribution is 0.103. The van der Waals surface area contributed by atoms with E-state index in [-0.39, 0.29) is 21.8 Å². The highest BCUT2D eigenvalue weighted by molar-refractivity contribution is 6.31. The van der Waals surface area contributed by atoms with Crippen molar-refractivity contribution in [1.29, 1.82) is 5.26 Å². The molecule has 0 aliphatic rings. The zero-order valence-electron chi connectivity index (χ0n) is 9.39. The molecule has 94 valence electrons. The Morgan fingerprint density at radius 1 is 1.47 bits per heavy atom. The average Bonchev–Trinajstić information content (AvgIpc) is 2.42. The molecule has 6 heteroatoms. The van der Waals surface area contributed by atoms with Crippen LogP contribution >= 0.6 is 11.6 Å². The topological polar surface area (TPSA) is 74.0 Å². The molecule has 19 heavy (non-hydrogen) atoms. The minimum Gasteiger partial charge on any atom is -0.507 e. The van der Waals surface area contributed by atoms with Gasteiger partial charge in [-0.15, -0.1) is 0 Å². The molecular formula is C13H6ClFN2O2. The predicted octanol–water partition coefficient (Wildman–Crippen LogP) is 2.68. The van der Waals surface area contributed by atoms with E-state index < -0.39 is 17.3 Å². The highest BCUT2D eigenvalue weighted by Crippen LogP contribution is 2.27. The van der Waals surface area contributed by atoms with Gasteiger partial charge < -0.3 is 5.11 Å². The number of benzene rings is 1. The highest BCUT2D eigenvalue weighted by Gasteiger charge is 2.20. The molecule has 0 radical (unpaired) electrons. The van der Waals surface area contributed by atoms with E-state index in [1.807, 2.05) is 6.07 Å². The van der Waals surface area contributed by atoms with Gasteiger partial charge in [0.05, 0.1) is 16.1 Å². The number of nitriles is 1. The molecule has 1 N–H and O–H groups in total. The third-order valence-corrected chi connectivity index (χ3v) is 2.72. The molecule has 0 amide bonds. The fourth-order valence-corrected chi connectivity index (χ4v) is 1.69. The molecule has 2 rings (SSSR count). The van der Waals surface area contributed by atoms with Gasteiger partial charge >= 0.3 is 0 Å². The monoisotopic (exact) mass is 276 g/mol. The quantitative estimate of drug-likeness (QED) is 0.856.